The number of pyridine rings is 1. The number of nitrogens with zero attached hydrogens (tertiary/aromatic N) is 1. The molecule has 0 radical (unpaired) electrons. The lowest BCUT2D eigenvalue weighted by molar-refractivity contribution is 0.0257. The minimum absolute atomic E-state index is 0. The topological polar surface area (TPSA) is 24.9 Å². The number of nitrogens with one attached hydrogen (secondary N) is 1. The Morgan fingerprint density at radius 2 is 2.00 bits per heavy atom. The summed E-state index contributed by atoms with van der Waals surface area (Å²) in [5, 5.41) is 3.77. The molecule has 1 saturated carbocycles. The highest BCUT2D eigenvalue weighted by molar-refractivity contribution is 5.85. The number of rotatable bonds is 5. The lowest BCUT2D eigenvalue weighted by Crippen LogP contribution is -2.52. The summed E-state index contributed by atoms with van der Waals surface area (Å²) in [6.07, 6.45) is 10.4. The van der Waals surface area contributed by atoms with Gasteiger partial charge in [0, 0.05) is 25.5 Å². The molecule has 0 aliphatic heterocycles. The fourth-order valence-corrected chi connectivity index (χ4v) is 6.21. The van der Waals surface area contributed by atoms with Gasteiger partial charge in [-0.25, -0.2) is 0 Å². The van der Waals surface area contributed by atoms with E-state index in [4.69, 9.17) is 0 Å². The lowest BCUT2D eigenvalue weighted by Gasteiger charge is -2.55. The van der Waals surface area contributed by atoms with Gasteiger partial charge in [-0.1, -0.05) is 58.4 Å². The molecule has 1 heterocycles. The van der Waals surface area contributed by atoms with E-state index >= 15 is 0 Å². The summed E-state index contributed by atoms with van der Waals surface area (Å²) >= 11 is 0. The van der Waals surface area contributed by atoms with Gasteiger partial charge >= 0.3 is 0 Å². The van der Waals surface area contributed by atoms with E-state index in [0.717, 1.165) is 19.0 Å². The molecule has 2 nitrogen and oxygen atoms in total. The van der Waals surface area contributed by atoms with Gasteiger partial charge in [0.1, 0.15) is 0 Å². The van der Waals surface area contributed by atoms with Gasteiger partial charge in [0.15, 0.2) is 0 Å². The Kier molecular flexibility index (Phi) is 6.75. The standard InChI is InChI=1S/C26H36N2.ClH/c1-19(2)21-8-10-23-22(15-21)9-11-24-25(3,12-6-13-26(23,24)4)18-28-17-20-7-5-14-27-16-20;/h5,7-8,10,14-16,19,24,28H,6,9,11-13,17-18H2,1-4H3;1H/t24-,25-,26+;/m0./s1. The summed E-state index contributed by atoms with van der Waals surface area (Å²) in [5.74, 6) is 1.37. The van der Waals surface area contributed by atoms with Crippen molar-refractivity contribution in [3.63, 3.8) is 0 Å². The summed E-state index contributed by atoms with van der Waals surface area (Å²) in [5.41, 5.74) is 6.73. The molecular formula is C26H37ClN2. The van der Waals surface area contributed by atoms with Crippen LogP contribution in [0.3, 0.4) is 0 Å². The maximum atomic E-state index is 4.25. The van der Waals surface area contributed by atoms with Gasteiger partial charge in [0.2, 0.25) is 0 Å². The fraction of sp³-hybridized carbons (Fsp3) is 0.577. The van der Waals surface area contributed by atoms with Crippen LogP contribution < -0.4 is 5.32 Å². The number of aromatic nitrogens is 1. The molecule has 1 aromatic heterocycles. The molecule has 158 valence electrons. The van der Waals surface area contributed by atoms with Crippen LogP contribution in [0.15, 0.2) is 42.7 Å². The van der Waals surface area contributed by atoms with Gasteiger partial charge in [0.05, 0.1) is 0 Å². The van der Waals surface area contributed by atoms with Crippen LogP contribution in [0.2, 0.25) is 0 Å². The zero-order chi connectivity index (χ0) is 19.8. The van der Waals surface area contributed by atoms with Gasteiger partial charge < -0.3 is 5.32 Å². The Bertz CT molecular complexity index is 819. The van der Waals surface area contributed by atoms with Crippen molar-refractivity contribution >= 4 is 12.4 Å². The van der Waals surface area contributed by atoms with Crippen molar-refractivity contribution in [1.29, 1.82) is 0 Å². The first kappa shape index (κ1) is 22.3. The third-order valence-corrected chi connectivity index (χ3v) is 7.75. The van der Waals surface area contributed by atoms with Crippen LogP contribution in [-0.4, -0.2) is 11.5 Å². The molecule has 2 aliphatic rings. The number of hydrogen-bond donors (Lipinski definition) is 1. The van der Waals surface area contributed by atoms with Gasteiger partial charge in [-0.05, 0) is 76.7 Å². The molecular weight excluding hydrogens is 376 g/mol. The average Bonchev–Trinajstić information content (AvgIpc) is 2.68. The second-order valence-electron chi connectivity index (χ2n) is 10.1. The van der Waals surface area contributed by atoms with E-state index in [1.54, 1.807) is 11.1 Å². The van der Waals surface area contributed by atoms with E-state index in [0.29, 0.717) is 16.7 Å². The molecule has 4 rings (SSSR count). The zero-order valence-electron chi connectivity index (χ0n) is 18.5. The van der Waals surface area contributed by atoms with Crippen molar-refractivity contribution in [2.45, 2.75) is 77.7 Å². The predicted octanol–water partition coefficient (Wildman–Crippen LogP) is 6.43. The Morgan fingerprint density at radius 3 is 2.72 bits per heavy atom. The minimum Gasteiger partial charge on any atom is -0.312 e. The van der Waals surface area contributed by atoms with Gasteiger partial charge in [-0.2, -0.15) is 0 Å². The maximum Gasteiger partial charge on any atom is 0.0312 e. The SMILES string of the molecule is CC(C)c1ccc2c(c1)CC[C@H]1[C@](C)(CNCc3cccnc3)CCC[C@]21C.Cl. The second kappa shape index (κ2) is 8.78. The summed E-state index contributed by atoms with van der Waals surface area (Å²) in [7, 11) is 0. The monoisotopic (exact) mass is 412 g/mol. The van der Waals surface area contributed by atoms with Crippen molar-refractivity contribution < 1.29 is 0 Å². The van der Waals surface area contributed by atoms with Crippen LogP contribution in [-0.2, 0) is 18.4 Å². The van der Waals surface area contributed by atoms with Crippen molar-refractivity contribution in [2.24, 2.45) is 11.3 Å². The summed E-state index contributed by atoms with van der Waals surface area (Å²) < 4.78 is 0. The Morgan fingerprint density at radius 1 is 1.17 bits per heavy atom. The van der Waals surface area contributed by atoms with Crippen LogP contribution >= 0.6 is 12.4 Å². The van der Waals surface area contributed by atoms with E-state index in [1.807, 2.05) is 18.5 Å². The zero-order valence-corrected chi connectivity index (χ0v) is 19.3. The summed E-state index contributed by atoms with van der Waals surface area (Å²) in [6, 6.07) is 11.6. The molecule has 2 aliphatic carbocycles. The summed E-state index contributed by atoms with van der Waals surface area (Å²) in [4.78, 5) is 4.25. The van der Waals surface area contributed by atoms with Crippen molar-refractivity contribution in [3.05, 3.63) is 65.0 Å². The van der Waals surface area contributed by atoms with Crippen molar-refractivity contribution in [3.8, 4) is 0 Å². The molecule has 1 fully saturated rings. The minimum atomic E-state index is 0. The molecule has 29 heavy (non-hydrogen) atoms. The smallest absolute Gasteiger partial charge is 0.0312 e. The van der Waals surface area contributed by atoms with E-state index in [1.165, 1.54) is 43.2 Å². The first-order valence-electron chi connectivity index (χ1n) is 11.2. The number of aryl methyl sites for hydroxylation is 1. The molecule has 0 amide bonds. The molecule has 0 saturated heterocycles. The lowest BCUT2D eigenvalue weighted by atomic mass is 9.49. The normalized spacial score (nSPS) is 28.4. The second-order valence-corrected chi connectivity index (χ2v) is 10.1. The maximum absolute atomic E-state index is 4.25. The van der Waals surface area contributed by atoms with Crippen LogP contribution in [0, 0.1) is 11.3 Å². The highest BCUT2D eigenvalue weighted by Gasteiger charge is 2.51. The number of halogens is 1. The van der Waals surface area contributed by atoms with Crippen LogP contribution in [0.5, 0.6) is 0 Å². The van der Waals surface area contributed by atoms with E-state index in [-0.39, 0.29) is 12.4 Å². The largest absolute Gasteiger partial charge is 0.312 e. The molecule has 0 spiro atoms. The third kappa shape index (κ3) is 4.25. The number of hydrogen-bond acceptors (Lipinski definition) is 2. The fourth-order valence-electron chi connectivity index (χ4n) is 6.21. The molecule has 1 N–H and O–H groups in total. The highest BCUT2D eigenvalue weighted by Crippen LogP contribution is 2.57. The Balaban J connectivity index is 0.00000240. The molecule has 2 aromatic rings. The van der Waals surface area contributed by atoms with Crippen LogP contribution in [0.1, 0.15) is 81.5 Å². The van der Waals surface area contributed by atoms with Gasteiger partial charge in [0.25, 0.3) is 0 Å². The van der Waals surface area contributed by atoms with Crippen molar-refractivity contribution in [1.82, 2.24) is 10.3 Å². The molecule has 3 atom stereocenters. The molecule has 3 heteroatoms. The molecule has 1 aromatic carbocycles. The Labute approximate surface area is 183 Å². The van der Waals surface area contributed by atoms with Gasteiger partial charge in [-0.15, -0.1) is 12.4 Å². The van der Waals surface area contributed by atoms with E-state index in [2.05, 4.69) is 62.3 Å². The van der Waals surface area contributed by atoms with Crippen LogP contribution in [0.4, 0.5) is 0 Å². The third-order valence-electron chi connectivity index (χ3n) is 7.75. The quantitative estimate of drug-likeness (QED) is 0.612. The van der Waals surface area contributed by atoms with Crippen LogP contribution in [0.25, 0.3) is 0 Å². The highest BCUT2D eigenvalue weighted by atomic mass is 35.5. The van der Waals surface area contributed by atoms with E-state index < -0.39 is 0 Å². The number of benzene rings is 1. The Hall–Kier alpha value is -1.38. The first-order chi connectivity index (χ1) is 13.4. The molecule has 0 unspecified atom stereocenters. The first-order valence-corrected chi connectivity index (χ1v) is 11.2. The average molecular weight is 413 g/mol. The predicted molar refractivity (Wildman–Crippen MR) is 125 cm³/mol. The summed E-state index contributed by atoms with van der Waals surface area (Å²) in [6.45, 7) is 11.7. The molecule has 0 bridgehead atoms. The number of fused-ring (bicyclic) bond motifs is 3. The van der Waals surface area contributed by atoms with Gasteiger partial charge in [-0.3, -0.25) is 4.98 Å². The van der Waals surface area contributed by atoms with Crippen molar-refractivity contribution in [2.75, 3.05) is 6.54 Å². The van der Waals surface area contributed by atoms with E-state index in [9.17, 15) is 0 Å².